The molecule has 0 aromatic heterocycles. The summed E-state index contributed by atoms with van der Waals surface area (Å²) in [5, 5.41) is 2.33. The highest BCUT2D eigenvalue weighted by Gasteiger charge is 2.23. The molecule has 0 unspecified atom stereocenters. The van der Waals surface area contributed by atoms with Gasteiger partial charge in [0.2, 0.25) is 0 Å². The van der Waals surface area contributed by atoms with Crippen molar-refractivity contribution in [1.82, 2.24) is 0 Å². The van der Waals surface area contributed by atoms with Crippen LogP contribution in [0.3, 0.4) is 0 Å². The lowest BCUT2D eigenvalue weighted by atomic mass is 10.2. The highest BCUT2D eigenvalue weighted by Crippen LogP contribution is 2.26. The zero-order valence-electron chi connectivity index (χ0n) is 16.2. The van der Waals surface area contributed by atoms with Crippen molar-refractivity contribution in [3.8, 4) is 5.75 Å². The Morgan fingerprint density at radius 2 is 1.63 bits per heavy atom. The van der Waals surface area contributed by atoms with Crippen molar-refractivity contribution < 1.29 is 19.1 Å². The number of methoxy groups -OCH3 is 1. The largest absolute Gasteiger partial charge is 0.495 e. The van der Waals surface area contributed by atoms with Gasteiger partial charge in [0.05, 0.1) is 12.8 Å². The molecular formula is C21H25NO4S. The van der Waals surface area contributed by atoms with Crippen molar-refractivity contribution in [2.75, 3.05) is 12.4 Å². The average molecular weight is 388 g/mol. The summed E-state index contributed by atoms with van der Waals surface area (Å²) < 4.78 is 10.6. The molecule has 1 N–H and O–H groups in total. The number of thioether (sulfide) groups is 1. The predicted molar refractivity (Wildman–Crippen MR) is 108 cm³/mol. The van der Waals surface area contributed by atoms with Gasteiger partial charge in [-0.3, -0.25) is 9.59 Å². The number of carbonyl (C=O) groups excluding carboxylic acids is 2. The smallest absolute Gasteiger partial charge is 0.319 e. The Balaban J connectivity index is 1.94. The van der Waals surface area contributed by atoms with E-state index in [1.165, 1.54) is 18.9 Å². The van der Waals surface area contributed by atoms with Crippen LogP contribution in [0.1, 0.15) is 25.0 Å². The van der Waals surface area contributed by atoms with Crippen LogP contribution >= 0.6 is 11.8 Å². The number of esters is 1. The first-order valence-corrected chi connectivity index (χ1v) is 9.57. The molecule has 0 radical (unpaired) electrons. The molecule has 0 bridgehead atoms. The van der Waals surface area contributed by atoms with Crippen LogP contribution in [0.5, 0.6) is 5.75 Å². The van der Waals surface area contributed by atoms with Gasteiger partial charge >= 0.3 is 5.97 Å². The second kappa shape index (κ2) is 9.46. The maximum absolute atomic E-state index is 12.4. The topological polar surface area (TPSA) is 64.6 Å². The number of aryl methyl sites for hydroxylation is 2. The molecule has 0 saturated carbocycles. The molecule has 27 heavy (non-hydrogen) atoms. The highest BCUT2D eigenvalue weighted by atomic mass is 32.2. The predicted octanol–water partition coefficient (Wildman–Crippen LogP) is 4.36. The lowest BCUT2D eigenvalue weighted by Crippen LogP contribution is -2.32. The average Bonchev–Trinajstić information content (AvgIpc) is 2.63. The Bertz CT molecular complexity index is 804. The Morgan fingerprint density at radius 1 is 1.00 bits per heavy atom. The number of anilines is 1. The van der Waals surface area contributed by atoms with Gasteiger partial charge in [-0.15, -0.1) is 11.8 Å². The van der Waals surface area contributed by atoms with Gasteiger partial charge in [0, 0.05) is 4.90 Å². The van der Waals surface area contributed by atoms with Gasteiger partial charge in [-0.2, -0.15) is 0 Å². The molecule has 0 heterocycles. The van der Waals surface area contributed by atoms with E-state index in [0.717, 1.165) is 16.0 Å². The molecule has 2 aromatic carbocycles. The van der Waals surface area contributed by atoms with E-state index in [4.69, 9.17) is 9.47 Å². The molecule has 0 fully saturated rings. The van der Waals surface area contributed by atoms with Gasteiger partial charge in [0.15, 0.2) is 6.10 Å². The summed E-state index contributed by atoms with van der Waals surface area (Å²) in [4.78, 5) is 25.7. The summed E-state index contributed by atoms with van der Waals surface area (Å²) >= 11 is 1.40. The maximum atomic E-state index is 12.4. The fourth-order valence-corrected chi connectivity index (χ4v) is 3.20. The molecule has 0 aliphatic heterocycles. The molecule has 0 aliphatic rings. The molecule has 5 nitrogen and oxygen atoms in total. The van der Waals surface area contributed by atoms with E-state index >= 15 is 0 Å². The van der Waals surface area contributed by atoms with Gasteiger partial charge in [-0.1, -0.05) is 23.8 Å². The highest BCUT2D eigenvalue weighted by molar-refractivity contribution is 8.00. The quantitative estimate of drug-likeness (QED) is 0.565. The molecule has 6 heteroatoms. The SMILES string of the molecule is COc1ccc(C)cc1NC(=O)[C@H](C)OC(=O)[C@H](C)Sc1ccc(C)cc1. The third kappa shape index (κ3) is 6.03. The zero-order chi connectivity index (χ0) is 20.0. The van der Waals surface area contributed by atoms with Crippen LogP contribution in [-0.2, 0) is 14.3 Å². The first-order chi connectivity index (χ1) is 12.8. The Morgan fingerprint density at radius 3 is 2.26 bits per heavy atom. The standard InChI is InChI=1S/C21H25NO4S/c1-13-6-9-17(10-7-13)27-16(4)21(24)26-15(3)20(23)22-18-12-14(2)8-11-19(18)25-5/h6-12,15-16H,1-5H3,(H,22,23)/t15-,16-/m0/s1. The third-order valence-corrected chi connectivity index (χ3v) is 5.03. The molecule has 0 saturated heterocycles. The maximum Gasteiger partial charge on any atom is 0.319 e. The number of rotatable bonds is 7. The van der Waals surface area contributed by atoms with Crippen LogP contribution in [0.2, 0.25) is 0 Å². The Hall–Kier alpha value is -2.47. The number of hydrogen-bond acceptors (Lipinski definition) is 5. The van der Waals surface area contributed by atoms with E-state index < -0.39 is 23.2 Å². The molecule has 144 valence electrons. The number of ether oxygens (including phenoxy) is 2. The van der Waals surface area contributed by atoms with Gasteiger partial charge in [-0.25, -0.2) is 0 Å². The summed E-state index contributed by atoms with van der Waals surface area (Å²) in [6.07, 6.45) is -0.913. The normalized spacial score (nSPS) is 12.8. The van der Waals surface area contributed by atoms with Gasteiger partial charge < -0.3 is 14.8 Å². The first kappa shape index (κ1) is 20.8. The molecule has 0 spiro atoms. The van der Waals surface area contributed by atoms with E-state index in [9.17, 15) is 9.59 Å². The second-order valence-electron chi connectivity index (χ2n) is 6.35. The van der Waals surface area contributed by atoms with E-state index in [-0.39, 0.29) is 0 Å². The third-order valence-electron chi connectivity index (χ3n) is 3.94. The Labute approximate surface area is 164 Å². The van der Waals surface area contributed by atoms with Crippen LogP contribution in [0.15, 0.2) is 47.4 Å². The molecule has 0 aliphatic carbocycles. The van der Waals surface area contributed by atoms with Crippen LogP contribution in [0.25, 0.3) is 0 Å². The summed E-state index contributed by atoms with van der Waals surface area (Å²) in [6.45, 7) is 7.25. The minimum Gasteiger partial charge on any atom is -0.495 e. The van der Waals surface area contributed by atoms with Crippen molar-refractivity contribution in [2.45, 2.75) is 43.9 Å². The van der Waals surface area contributed by atoms with Crippen molar-refractivity contribution in [3.63, 3.8) is 0 Å². The zero-order valence-corrected chi connectivity index (χ0v) is 17.1. The van der Waals surface area contributed by atoms with Crippen LogP contribution in [0.4, 0.5) is 5.69 Å². The minimum absolute atomic E-state index is 0.403. The summed E-state index contributed by atoms with van der Waals surface area (Å²) in [6, 6.07) is 13.4. The first-order valence-electron chi connectivity index (χ1n) is 8.69. The molecule has 2 atom stereocenters. The van der Waals surface area contributed by atoms with E-state index in [2.05, 4.69) is 5.32 Å². The second-order valence-corrected chi connectivity index (χ2v) is 7.76. The van der Waals surface area contributed by atoms with E-state index in [1.807, 2.05) is 44.2 Å². The van der Waals surface area contributed by atoms with E-state index in [1.54, 1.807) is 26.0 Å². The van der Waals surface area contributed by atoms with Crippen molar-refractivity contribution in [2.24, 2.45) is 0 Å². The monoisotopic (exact) mass is 387 g/mol. The number of nitrogens with one attached hydrogen (secondary N) is 1. The summed E-state index contributed by atoms with van der Waals surface area (Å²) in [7, 11) is 1.54. The van der Waals surface area contributed by atoms with Crippen molar-refractivity contribution in [1.29, 1.82) is 0 Å². The van der Waals surface area contributed by atoms with Crippen molar-refractivity contribution >= 4 is 29.3 Å². The van der Waals surface area contributed by atoms with Gasteiger partial charge in [0.1, 0.15) is 11.0 Å². The molecule has 2 aromatic rings. The minimum atomic E-state index is -0.913. The fraction of sp³-hybridized carbons (Fsp3) is 0.333. The summed E-state index contributed by atoms with van der Waals surface area (Å²) in [5.74, 6) is -0.282. The fourth-order valence-electron chi connectivity index (χ4n) is 2.35. The Kier molecular flexibility index (Phi) is 7.30. The molecular weight excluding hydrogens is 362 g/mol. The van der Waals surface area contributed by atoms with Crippen molar-refractivity contribution in [3.05, 3.63) is 53.6 Å². The van der Waals surface area contributed by atoms with Crippen LogP contribution in [-0.4, -0.2) is 30.3 Å². The van der Waals surface area contributed by atoms with Gasteiger partial charge in [-0.05, 0) is 57.5 Å². The summed E-state index contributed by atoms with van der Waals surface area (Å²) in [5.41, 5.74) is 2.69. The lowest BCUT2D eigenvalue weighted by molar-refractivity contribution is -0.152. The van der Waals surface area contributed by atoms with Gasteiger partial charge in [0.25, 0.3) is 5.91 Å². The number of carbonyl (C=O) groups is 2. The number of amides is 1. The molecule has 2 rings (SSSR count). The molecule has 1 amide bonds. The van der Waals surface area contributed by atoms with E-state index in [0.29, 0.717) is 11.4 Å². The van der Waals surface area contributed by atoms with Crippen LogP contribution in [0, 0.1) is 13.8 Å². The number of hydrogen-bond donors (Lipinski definition) is 1. The lowest BCUT2D eigenvalue weighted by Gasteiger charge is -2.17. The van der Waals surface area contributed by atoms with Crippen LogP contribution < -0.4 is 10.1 Å². The number of benzene rings is 2.